The fourth-order valence-corrected chi connectivity index (χ4v) is 1.02. The van der Waals surface area contributed by atoms with Crippen LogP contribution < -0.4 is 5.32 Å². The molecule has 1 aromatic carbocycles. The van der Waals surface area contributed by atoms with Crippen molar-refractivity contribution in [2.75, 3.05) is 6.61 Å². The number of alkyl halides is 3. The van der Waals surface area contributed by atoms with E-state index in [2.05, 4.69) is 4.74 Å². The van der Waals surface area contributed by atoms with Gasteiger partial charge >= 0.3 is 12.3 Å². The van der Waals surface area contributed by atoms with Crippen molar-refractivity contribution >= 4 is 6.09 Å². The third-order valence-electron chi connectivity index (χ3n) is 1.79. The Morgan fingerprint density at radius 3 is 2.44 bits per heavy atom. The highest BCUT2D eigenvalue weighted by atomic mass is 19.4. The van der Waals surface area contributed by atoms with Crippen LogP contribution in [0.2, 0.25) is 0 Å². The maximum Gasteiger partial charge on any atom is 0.422 e. The second-order valence-electron chi connectivity index (χ2n) is 3.29. The van der Waals surface area contributed by atoms with Crippen LogP contribution in [0.15, 0.2) is 18.2 Å². The molecule has 3 nitrogen and oxygen atoms in total. The van der Waals surface area contributed by atoms with Crippen LogP contribution in [-0.2, 0) is 11.3 Å². The number of nitrogens with one attached hydrogen (secondary N) is 1. The van der Waals surface area contributed by atoms with E-state index in [9.17, 15) is 26.7 Å². The van der Waals surface area contributed by atoms with Gasteiger partial charge in [0.1, 0.15) is 0 Å². The topological polar surface area (TPSA) is 38.3 Å². The lowest BCUT2D eigenvalue weighted by molar-refractivity contribution is -0.160. The number of alkyl carbamates (subject to hydrolysis) is 1. The third kappa shape index (κ3) is 4.98. The van der Waals surface area contributed by atoms with Crippen molar-refractivity contribution in [1.29, 1.82) is 0 Å². The Hall–Kier alpha value is -1.86. The minimum absolute atomic E-state index is 0.192. The first kappa shape index (κ1) is 14.2. The van der Waals surface area contributed by atoms with Crippen LogP contribution in [0, 0.1) is 11.6 Å². The predicted octanol–water partition coefficient (Wildman–Crippen LogP) is 2.75. The monoisotopic (exact) mass is 269 g/mol. The zero-order valence-electron chi connectivity index (χ0n) is 8.85. The van der Waals surface area contributed by atoms with E-state index in [1.807, 2.05) is 5.32 Å². The molecule has 0 saturated heterocycles. The highest BCUT2D eigenvalue weighted by Crippen LogP contribution is 2.14. The second kappa shape index (κ2) is 5.65. The van der Waals surface area contributed by atoms with Gasteiger partial charge in [0, 0.05) is 6.54 Å². The highest BCUT2D eigenvalue weighted by Gasteiger charge is 2.29. The Morgan fingerprint density at radius 1 is 1.22 bits per heavy atom. The Bertz CT molecular complexity index is 433. The molecular formula is C10H8F5NO2. The molecule has 0 spiro atoms. The van der Waals surface area contributed by atoms with Crippen LogP contribution in [0.4, 0.5) is 26.7 Å². The summed E-state index contributed by atoms with van der Waals surface area (Å²) in [5, 5.41) is 1.97. The average molecular weight is 269 g/mol. The maximum atomic E-state index is 12.7. The van der Waals surface area contributed by atoms with Crippen molar-refractivity contribution in [3.8, 4) is 0 Å². The van der Waals surface area contributed by atoms with Gasteiger partial charge in [-0.25, -0.2) is 13.6 Å². The van der Waals surface area contributed by atoms with Gasteiger partial charge < -0.3 is 10.1 Å². The highest BCUT2D eigenvalue weighted by molar-refractivity contribution is 5.67. The average Bonchev–Trinajstić information content (AvgIpc) is 2.27. The van der Waals surface area contributed by atoms with E-state index in [-0.39, 0.29) is 12.1 Å². The van der Waals surface area contributed by atoms with Crippen LogP contribution in [-0.4, -0.2) is 18.9 Å². The summed E-state index contributed by atoms with van der Waals surface area (Å²) in [6, 6.07) is 2.84. The molecule has 0 bridgehead atoms. The lowest BCUT2D eigenvalue weighted by Crippen LogP contribution is -2.28. The summed E-state index contributed by atoms with van der Waals surface area (Å²) in [7, 11) is 0. The number of amides is 1. The van der Waals surface area contributed by atoms with Crippen LogP contribution in [0.1, 0.15) is 5.56 Å². The molecule has 0 fully saturated rings. The minimum atomic E-state index is -4.61. The van der Waals surface area contributed by atoms with E-state index >= 15 is 0 Å². The molecule has 0 radical (unpaired) electrons. The molecule has 0 unspecified atom stereocenters. The molecule has 0 heterocycles. The summed E-state index contributed by atoms with van der Waals surface area (Å²) in [6.45, 7) is -1.98. The molecule has 0 saturated carbocycles. The van der Waals surface area contributed by atoms with Gasteiger partial charge in [0.05, 0.1) is 0 Å². The molecule has 1 aromatic rings. The van der Waals surface area contributed by atoms with Crippen molar-refractivity contribution in [3.63, 3.8) is 0 Å². The number of ether oxygens (including phenoxy) is 1. The Balaban J connectivity index is 2.40. The van der Waals surface area contributed by atoms with E-state index in [0.29, 0.717) is 0 Å². The van der Waals surface area contributed by atoms with Gasteiger partial charge in [0.25, 0.3) is 0 Å². The SMILES string of the molecule is O=C(NCc1ccc(F)c(F)c1)OCC(F)(F)F. The summed E-state index contributed by atoms with van der Waals surface area (Å²) < 4.78 is 64.2. The van der Waals surface area contributed by atoms with Crippen LogP contribution in [0.5, 0.6) is 0 Å². The lowest BCUT2D eigenvalue weighted by Gasteiger charge is -2.09. The van der Waals surface area contributed by atoms with Crippen molar-refractivity contribution in [3.05, 3.63) is 35.4 Å². The largest absolute Gasteiger partial charge is 0.440 e. The van der Waals surface area contributed by atoms with Crippen LogP contribution in [0.25, 0.3) is 0 Å². The third-order valence-corrected chi connectivity index (χ3v) is 1.79. The molecule has 18 heavy (non-hydrogen) atoms. The molecule has 0 aliphatic carbocycles. The van der Waals surface area contributed by atoms with Crippen molar-refractivity contribution < 1.29 is 31.5 Å². The molecule has 0 aliphatic rings. The number of benzene rings is 1. The Labute approximate surface area is 98.5 Å². The number of carbonyl (C=O) groups excluding carboxylic acids is 1. The Kier molecular flexibility index (Phi) is 4.46. The number of rotatable bonds is 3. The maximum absolute atomic E-state index is 12.7. The van der Waals surface area contributed by atoms with Gasteiger partial charge in [-0.3, -0.25) is 0 Å². The molecule has 100 valence electrons. The summed E-state index contributed by atoms with van der Waals surface area (Å²) in [5.74, 6) is -2.17. The standard InChI is InChI=1S/C10H8F5NO2/c11-7-2-1-6(3-8(7)12)4-16-9(17)18-5-10(13,14)15/h1-3H,4-5H2,(H,16,17). The summed E-state index contributed by atoms with van der Waals surface area (Å²) in [6.07, 6.45) is -5.91. The fourth-order valence-electron chi connectivity index (χ4n) is 1.02. The molecule has 0 aliphatic heterocycles. The lowest BCUT2D eigenvalue weighted by atomic mass is 10.2. The number of carbonyl (C=O) groups is 1. The molecule has 1 N–H and O–H groups in total. The first-order valence-electron chi connectivity index (χ1n) is 4.69. The van der Waals surface area contributed by atoms with Gasteiger partial charge in [-0.15, -0.1) is 0 Å². The molecular weight excluding hydrogens is 261 g/mol. The number of hydrogen-bond donors (Lipinski definition) is 1. The normalized spacial score (nSPS) is 11.2. The van der Waals surface area contributed by atoms with E-state index in [1.54, 1.807) is 0 Å². The summed E-state index contributed by atoms with van der Waals surface area (Å²) in [5.41, 5.74) is 0.192. The van der Waals surface area contributed by atoms with Crippen molar-refractivity contribution in [1.82, 2.24) is 5.32 Å². The first-order valence-corrected chi connectivity index (χ1v) is 4.69. The van der Waals surface area contributed by atoms with E-state index in [4.69, 9.17) is 0 Å². The summed E-state index contributed by atoms with van der Waals surface area (Å²) in [4.78, 5) is 10.8. The molecule has 0 atom stereocenters. The van der Waals surface area contributed by atoms with E-state index in [1.165, 1.54) is 6.07 Å². The van der Waals surface area contributed by atoms with E-state index < -0.39 is 30.5 Å². The fraction of sp³-hybridized carbons (Fsp3) is 0.300. The predicted molar refractivity (Wildman–Crippen MR) is 50.6 cm³/mol. The zero-order valence-corrected chi connectivity index (χ0v) is 8.85. The minimum Gasteiger partial charge on any atom is -0.440 e. The van der Waals surface area contributed by atoms with Crippen molar-refractivity contribution in [2.24, 2.45) is 0 Å². The van der Waals surface area contributed by atoms with Gasteiger partial charge in [-0.05, 0) is 17.7 Å². The quantitative estimate of drug-likeness (QED) is 0.857. The first-order chi connectivity index (χ1) is 8.28. The number of halogens is 5. The molecule has 1 amide bonds. The summed E-state index contributed by atoms with van der Waals surface area (Å²) >= 11 is 0. The van der Waals surface area contributed by atoms with Gasteiger partial charge in [0.2, 0.25) is 0 Å². The zero-order chi connectivity index (χ0) is 13.8. The van der Waals surface area contributed by atoms with E-state index in [0.717, 1.165) is 12.1 Å². The second-order valence-corrected chi connectivity index (χ2v) is 3.29. The van der Waals surface area contributed by atoms with Gasteiger partial charge in [-0.1, -0.05) is 6.07 Å². The number of hydrogen-bond acceptors (Lipinski definition) is 2. The van der Waals surface area contributed by atoms with Crippen LogP contribution >= 0.6 is 0 Å². The molecule has 8 heteroatoms. The van der Waals surface area contributed by atoms with Gasteiger partial charge in [0.15, 0.2) is 18.2 Å². The molecule has 1 rings (SSSR count). The van der Waals surface area contributed by atoms with Crippen molar-refractivity contribution in [2.45, 2.75) is 12.7 Å². The van der Waals surface area contributed by atoms with Gasteiger partial charge in [-0.2, -0.15) is 13.2 Å². The van der Waals surface area contributed by atoms with Crippen LogP contribution in [0.3, 0.4) is 0 Å². The smallest absolute Gasteiger partial charge is 0.422 e. The Morgan fingerprint density at radius 2 is 1.89 bits per heavy atom. The molecule has 0 aromatic heterocycles.